The maximum Gasteiger partial charge on any atom is 0.255 e. The summed E-state index contributed by atoms with van der Waals surface area (Å²) in [5.41, 5.74) is 1.98. The van der Waals surface area contributed by atoms with Crippen molar-refractivity contribution < 1.29 is 18.4 Å². The number of carbonyl (C=O) groups is 2. The Bertz CT molecular complexity index is 1240. The van der Waals surface area contributed by atoms with Crippen LogP contribution in [0, 0.1) is 11.6 Å². The zero-order chi connectivity index (χ0) is 24.4. The highest BCUT2D eigenvalue weighted by Gasteiger charge is 2.45. The lowest BCUT2D eigenvalue weighted by Crippen LogP contribution is -2.46. The van der Waals surface area contributed by atoms with Crippen LogP contribution < -0.4 is 15.1 Å². The zero-order valence-corrected chi connectivity index (χ0v) is 19.3. The molecule has 1 saturated carbocycles. The first-order valence-corrected chi connectivity index (χ1v) is 12.0. The summed E-state index contributed by atoms with van der Waals surface area (Å²) in [4.78, 5) is 30.7. The Morgan fingerprint density at radius 1 is 0.943 bits per heavy atom. The molecular formula is C28H27F2N3O2. The topological polar surface area (TPSA) is 52.7 Å². The van der Waals surface area contributed by atoms with E-state index in [1.54, 1.807) is 18.2 Å². The van der Waals surface area contributed by atoms with Crippen LogP contribution in [-0.4, -0.2) is 24.4 Å². The molecule has 0 aromatic heterocycles. The molecule has 1 aliphatic heterocycles. The quantitative estimate of drug-likeness (QED) is 0.488. The Morgan fingerprint density at radius 2 is 1.69 bits per heavy atom. The minimum absolute atomic E-state index is 0.0726. The second kappa shape index (κ2) is 9.86. The fourth-order valence-corrected chi connectivity index (χ4v) is 5.21. The van der Waals surface area contributed by atoms with Crippen molar-refractivity contribution in [2.24, 2.45) is 0 Å². The number of nitrogens with zero attached hydrogens (tertiary/aromatic N) is 2. The number of nitrogens with one attached hydrogen (secondary N) is 1. The Labute approximate surface area is 203 Å². The van der Waals surface area contributed by atoms with E-state index >= 15 is 0 Å². The molecule has 35 heavy (non-hydrogen) atoms. The third-order valence-corrected chi connectivity index (χ3v) is 6.82. The van der Waals surface area contributed by atoms with E-state index in [4.69, 9.17) is 0 Å². The Morgan fingerprint density at radius 3 is 2.46 bits per heavy atom. The van der Waals surface area contributed by atoms with Gasteiger partial charge in [-0.2, -0.15) is 0 Å². The summed E-state index contributed by atoms with van der Waals surface area (Å²) in [7, 11) is 0. The van der Waals surface area contributed by atoms with Crippen molar-refractivity contribution in [3.63, 3.8) is 0 Å². The van der Waals surface area contributed by atoms with Crippen molar-refractivity contribution in [3.05, 3.63) is 90.0 Å². The van der Waals surface area contributed by atoms with E-state index < -0.39 is 23.6 Å². The van der Waals surface area contributed by atoms with E-state index in [2.05, 4.69) is 5.32 Å². The molecule has 7 heteroatoms. The number of para-hydroxylation sites is 2. The summed E-state index contributed by atoms with van der Waals surface area (Å²) in [6.07, 6.45) is 5.09. The van der Waals surface area contributed by atoms with Gasteiger partial charge in [-0.05, 0) is 49.2 Å². The van der Waals surface area contributed by atoms with Crippen molar-refractivity contribution in [2.45, 2.75) is 44.2 Å². The van der Waals surface area contributed by atoms with Crippen LogP contribution in [0.2, 0.25) is 0 Å². The summed E-state index contributed by atoms with van der Waals surface area (Å²) >= 11 is 0. The average Bonchev–Trinajstić information content (AvgIpc) is 3.16. The Kier molecular flexibility index (Phi) is 6.49. The second-order valence-corrected chi connectivity index (χ2v) is 9.04. The number of carbonyl (C=O) groups excluding carboxylic acids is 2. The van der Waals surface area contributed by atoms with Crippen molar-refractivity contribution in [1.29, 1.82) is 0 Å². The minimum atomic E-state index is -0.926. The van der Waals surface area contributed by atoms with Gasteiger partial charge in [-0.15, -0.1) is 0 Å². The maximum atomic E-state index is 14.2. The molecule has 2 amide bonds. The number of amides is 2. The molecule has 1 N–H and O–H groups in total. The molecule has 1 fully saturated rings. The van der Waals surface area contributed by atoms with Gasteiger partial charge in [-0.3, -0.25) is 14.5 Å². The SMILES string of the molecule is O=C1C(N(C(=O)CNc2ccccc2F)c2cccc(F)c2)c2ccccc2N1C1CCCCC1. The molecule has 1 heterocycles. The smallest absolute Gasteiger partial charge is 0.255 e. The van der Waals surface area contributed by atoms with Crippen LogP contribution in [0.1, 0.15) is 43.7 Å². The summed E-state index contributed by atoms with van der Waals surface area (Å²) < 4.78 is 28.4. The van der Waals surface area contributed by atoms with Crippen LogP contribution in [0.4, 0.5) is 25.8 Å². The lowest BCUT2D eigenvalue weighted by Gasteiger charge is -2.33. The van der Waals surface area contributed by atoms with Crippen LogP contribution in [0.3, 0.4) is 0 Å². The molecule has 3 aromatic carbocycles. The average molecular weight is 476 g/mol. The van der Waals surface area contributed by atoms with Gasteiger partial charge < -0.3 is 10.2 Å². The van der Waals surface area contributed by atoms with Gasteiger partial charge in [0.2, 0.25) is 5.91 Å². The number of hydrogen-bond donors (Lipinski definition) is 1. The van der Waals surface area contributed by atoms with E-state index in [-0.39, 0.29) is 29.9 Å². The second-order valence-electron chi connectivity index (χ2n) is 9.04. The molecular weight excluding hydrogens is 448 g/mol. The minimum Gasteiger partial charge on any atom is -0.374 e. The molecule has 3 aromatic rings. The summed E-state index contributed by atoms with van der Waals surface area (Å²) in [6, 6.07) is 18.4. The lowest BCUT2D eigenvalue weighted by molar-refractivity contribution is -0.124. The van der Waals surface area contributed by atoms with Gasteiger partial charge >= 0.3 is 0 Å². The van der Waals surface area contributed by atoms with Gasteiger partial charge in [0.25, 0.3) is 5.91 Å². The summed E-state index contributed by atoms with van der Waals surface area (Å²) in [5, 5.41) is 2.83. The van der Waals surface area contributed by atoms with E-state index in [1.807, 2.05) is 29.2 Å². The highest BCUT2D eigenvalue weighted by molar-refractivity contribution is 6.12. The molecule has 2 aliphatic rings. The van der Waals surface area contributed by atoms with Gasteiger partial charge in [0.1, 0.15) is 17.7 Å². The number of hydrogen-bond acceptors (Lipinski definition) is 3. The highest BCUT2D eigenvalue weighted by Crippen LogP contribution is 2.44. The predicted molar refractivity (Wildman–Crippen MR) is 132 cm³/mol. The summed E-state index contributed by atoms with van der Waals surface area (Å²) in [5.74, 6) is -1.65. The fourth-order valence-electron chi connectivity index (χ4n) is 5.21. The molecule has 0 bridgehead atoms. The van der Waals surface area contributed by atoms with Crippen molar-refractivity contribution >= 4 is 28.9 Å². The Hall–Kier alpha value is -3.74. The first kappa shape index (κ1) is 23.0. The normalized spacial score (nSPS) is 17.8. The molecule has 0 spiro atoms. The zero-order valence-electron chi connectivity index (χ0n) is 19.3. The number of rotatable bonds is 6. The third kappa shape index (κ3) is 4.50. The van der Waals surface area contributed by atoms with Crippen LogP contribution >= 0.6 is 0 Å². The van der Waals surface area contributed by atoms with E-state index in [0.29, 0.717) is 5.56 Å². The first-order chi connectivity index (χ1) is 17.0. The third-order valence-electron chi connectivity index (χ3n) is 6.82. The molecule has 1 atom stereocenters. The largest absolute Gasteiger partial charge is 0.374 e. The Balaban J connectivity index is 1.52. The molecule has 5 rings (SSSR count). The van der Waals surface area contributed by atoms with Gasteiger partial charge in [-0.1, -0.05) is 55.7 Å². The molecule has 5 nitrogen and oxygen atoms in total. The highest BCUT2D eigenvalue weighted by atomic mass is 19.1. The monoisotopic (exact) mass is 475 g/mol. The first-order valence-electron chi connectivity index (χ1n) is 12.0. The van der Waals surface area contributed by atoms with Crippen LogP contribution in [0.5, 0.6) is 0 Å². The maximum absolute atomic E-state index is 14.2. The van der Waals surface area contributed by atoms with Crippen LogP contribution in [0.15, 0.2) is 72.8 Å². The molecule has 1 aliphatic carbocycles. The van der Waals surface area contributed by atoms with Gasteiger partial charge in [0.15, 0.2) is 0 Å². The van der Waals surface area contributed by atoms with Gasteiger partial charge in [0.05, 0.1) is 12.2 Å². The van der Waals surface area contributed by atoms with Gasteiger partial charge in [-0.25, -0.2) is 8.78 Å². The van der Waals surface area contributed by atoms with Crippen molar-refractivity contribution in [1.82, 2.24) is 0 Å². The number of fused-ring (bicyclic) bond motifs is 1. The molecule has 0 radical (unpaired) electrons. The molecule has 0 saturated heterocycles. The number of benzene rings is 3. The molecule has 1 unspecified atom stereocenters. The van der Waals surface area contributed by atoms with Crippen LogP contribution in [0.25, 0.3) is 0 Å². The molecule has 180 valence electrons. The summed E-state index contributed by atoms with van der Waals surface area (Å²) in [6.45, 7) is -0.257. The number of anilines is 3. The van der Waals surface area contributed by atoms with Crippen molar-refractivity contribution in [3.8, 4) is 0 Å². The van der Waals surface area contributed by atoms with E-state index in [1.165, 1.54) is 35.2 Å². The van der Waals surface area contributed by atoms with E-state index in [0.717, 1.165) is 37.8 Å². The predicted octanol–water partition coefficient (Wildman–Crippen LogP) is 5.83. The van der Waals surface area contributed by atoms with Gasteiger partial charge in [0, 0.05) is 23.0 Å². The van der Waals surface area contributed by atoms with E-state index in [9.17, 15) is 18.4 Å². The standard InChI is InChI=1S/C28H27F2N3O2/c29-19-9-8-12-21(17-19)33(26(34)18-31-24-15-6-5-14-23(24)30)27-22-13-4-7-16-25(22)32(28(27)35)20-10-2-1-3-11-20/h4-9,12-17,20,27,31H,1-3,10-11,18H2. The van der Waals surface area contributed by atoms with Crippen molar-refractivity contribution in [2.75, 3.05) is 21.7 Å². The number of halogens is 2. The van der Waals surface area contributed by atoms with Crippen LogP contribution in [-0.2, 0) is 9.59 Å². The fraction of sp³-hybridized carbons (Fsp3) is 0.286. The lowest BCUT2D eigenvalue weighted by atomic mass is 9.94.